The number of nitrogens with one attached hydrogen (secondary N) is 1. The van der Waals surface area contributed by atoms with Crippen LogP contribution in [-0.4, -0.2) is 18.6 Å². The Kier molecular flexibility index (Phi) is 6.35. The highest BCUT2D eigenvalue weighted by Crippen LogP contribution is 2.26. The van der Waals surface area contributed by atoms with E-state index >= 15 is 0 Å². The van der Waals surface area contributed by atoms with Crippen LogP contribution >= 0.6 is 11.6 Å². The van der Waals surface area contributed by atoms with Gasteiger partial charge in [0.2, 0.25) is 0 Å². The molecular formula is C17H29ClN2. The van der Waals surface area contributed by atoms with Crippen molar-refractivity contribution in [2.75, 3.05) is 11.9 Å². The van der Waals surface area contributed by atoms with E-state index in [1.165, 1.54) is 24.1 Å². The Balaban J connectivity index is 2.94. The van der Waals surface area contributed by atoms with Gasteiger partial charge in [-0.05, 0) is 57.9 Å². The van der Waals surface area contributed by atoms with Crippen molar-refractivity contribution >= 4 is 17.3 Å². The van der Waals surface area contributed by atoms with E-state index < -0.39 is 0 Å². The maximum atomic E-state index is 6.17. The van der Waals surface area contributed by atoms with Crippen LogP contribution in [0.4, 0.5) is 5.69 Å². The van der Waals surface area contributed by atoms with Gasteiger partial charge in [0.15, 0.2) is 0 Å². The molecule has 0 spiro atoms. The van der Waals surface area contributed by atoms with Gasteiger partial charge < -0.3 is 10.2 Å². The maximum Gasteiger partial charge on any atom is 0.0412 e. The number of anilines is 1. The molecule has 0 aliphatic rings. The molecule has 0 saturated carbocycles. The highest BCUT2D eigenvalue weighted by molar-refractivity contribution is 6.30. The van der Waals surface area contributed by atoms with Crippen LogP contribution in [0.3, 0.4) is 0 Å². The number of halogens is 1. The largest absolute Gasteiger partial charge is 0.372 e. The fourth-order valence-corrected chi connectivity index (χ4v) is 2.44. The summed E-state index contributed by atoms with van der Waals surface area (Å²) in [5.41, 5.74) is 2.64. The molecule has 0 heterocycles. The Morgan fingerprint density at radius 2 is 1.95 bits per heavy atom. The van der Waals surface area contributed by atoms with Gasteiger partial charge in [0.1, 0.15) is 0 Å². The molecule has 0 aromatic heterocycles. The SMILES string of the molecule is CCCC(C)N(C)c1ccc(Cl)cc1CNC(C)(C)C. The van der Waals surface area contributed by atoms with Gasteiger partial charge in [0.25, 0.3) is 0 Å². The van der Waals surface area contributed by atoms with Crippen LogP contribution < -0.4 is 10.2 Å². The van der Waals surface area contributed by atoms with Crippen LogP contribution in [0.15, 0.2) is 18.2 Å². The molecule has 1 rings (SSSR count). The molecule has 0 aliphatic heterocycles. The standard InChI is InChI=1S/C17H29ClN2/c1-7-8-13(2)20(6)16-10-9-15(18)11-14(16)12-19-17(3,4)5/h9-11,13,19H,7-8,12H2,1-6H3. The maximum absolute atomic E-state index is 6.17. The average Bonchev–Trinajstić information content (AvgIpc) is 2.35. The first-order valence-electron chi connectivity index (χ1n) is 7.51. The zero-order valence-corrected chi connectivity index (χ0v) is 14.5. The van der Waals surface area contributed by atoms with Gasteiger partial charge in [-0.25, -0.2) is 0 Å². The van der Waals surface area contributed by atoms with E-state index in [9.17, 15) is 0 Å². The summed E-state index contributed by atoms with van der Waals surface area (Å²) in [7, 11) is 2.17. The number of hydrogen-bond acceptors (Lipinski definition) is 2. The van der Waals surface area contributed by atoms with Crippen LogP contribution in [0, 0.1) is 0 Å². The van der Waals surface area contributed by atoms with E-state index in [0.717, 1.165) is 11.6 Å². The first-order valence-corrected chi connectivity index (χ1v) is 7.88. The Morgan fingerprint density at radius 3 is 2.50 bits per heavy atom. The molecule has 0 aliphatic carbocycles. The third kappa shape index (κ3) is 5.34. The molecule has 0 saturated heterocycles. The van der Waals surface area contributed by atoms with Gasteiger partial charge in [-0.3, -0.25) is 0 Å². The lowest BCUT2D eigenvalue weighted by molar-refractivity contribution is 0.424. The Morgan fingerprint density at radius 1 is 1.30 bits per heavy atom. The van der Waals surface area contributed by atoms with Gasteiger partial charge in [-0.1, -0.05) is 24.9 Å². The monoisotopic (exact) mass is 296 g/mol. The Bertz CT molecular complexity index is 423. The van der Waals surface area contributed by atoms with Crippen LogP contribution in [0.1, 0.15) is 53.0 Å². The van der Waals surface area contributed by atoms with Crippen molar-refractivity contribution < 1.29 is 0 Å². The van der Waals surface area contributed by atoms with Gasteiger partial charge in [0, 0.05) is 35.9 Å². The van der Waals surface area contributed by atoms with Crippen molar-refractivity contribution in [2.45, 2.75) is 65.6 Å². The molecular weight excluding hydrogens is 268 g/mol. The average molecular weight is 297 g/mol. The van der Waals surface area contributed by atoms with Crippen LogP contribution in [0.2, 0.25) is 5.02 Å². The quantitative estimate of drug-likeness (QED) is 0.807. The molecule has 0 amide bonds. The number of benzene rings is 1. The fourth-order valence-electron chi connectivity index (χ4n) is 2.25. The number of hydrogen-bond donors (Lipinski definition) is 1. The van der Waals surface area contributed by atoms with Crippen molar-refractivity contribution in [2.24, 2.45) is 0 Å². The molecule has 1 aromatic carbocycles. The molecule has 0 radical (unpaired) electrons. The summed E-state index contributed by atoms with van der Waals surface area (Å²) in [6.45, 7) is 11.9. The molecule has 1 atom stereocenters. The van der Waals surface area contributed by atoms with E-state index in [1.54, 1.807) is 0 Å². The predicted octanol–water partition coefficient (Wildman–Crippen LogP) is 4.85. The van der Waals surface area contributed by atoms with E-state index in [1.807, 2.05) is 6.07 Å². The minimum absolute atomic E-state index is 0.104. The molecule has 0 bridgehead atoms. The summed E-state index contributed by atoms with van der Waals surface area (Å²) in [5.74, 6) is 0. The Labute approximate surface area is 129 Å². The van der Waals surface area contributed by atoms with Gasteiger partial charge in [0.05, 0.1) is 0 Å². The number of nitrogens with zero attached hydrogens (tertiary/aromatic N) is 1. The minimum atomic E-state index is 0.104. The summed E-state index contributed by atoms with van der Waals surface area (Å²) < 4.78 is 0. The smallest absolute Gasteiger partial charge is 0.0412 e. The third-order valence-corrected chi connectivity index (χ3v) is 3.83. The highest BCUT2D eigenvalue weighted by Gasteiger charge is 2.15. The lowest BCUT2D eigenvalue weighted by Gasteiger charge is -2.30. The molecule has 114 valence electrons. The van der Waals surface area contributed by atoms with E-state index in [2.05, 4.69) is 64.0 Å². The second-order valence-corrected chi connectivity index (χ2v) is 7.06. The summed E-state index contributed by atoms with van der Waals surface area (Å²) in [4.78, 5) is 2.36. The van der Waals surface area contributed by atoms with Crippen molar-refractivity contribution in [3.8, 4) is 0 Å². The van der Waals surface area contributed by atoms with E-state index in [0.29, 0.717) is 6.04 Å². The molecule has 20 heavy (non-hydrogen) atoms. The highest BCUT2D eigenvalue weighted by atomic mass is 35.5. The first kappa shape index (κ1) is 17.3. The summed E-state index contributed by atoms with van der Waals surface area (Å²) in [6.07, 6.45) is 2.40. The predicted molar refractivity (Wildman–Crippen MR) is 90.8 cm³/mol. The molecule has 0 fully saturated rings. The van der Waals surface area contributed by atoms with E-state index in [4.69, 9.17) is 11.6 Å². The zero-order chi connectivity index (χ0) is 15.3. The topological polar surface area (TPSA) is 15.3 Å². The van der Waals surface area contributed by atoms with Gasteiger partial charge >= 0.3 is 0 Å². The first-order chi connectivity index (χ1) is 9.24. The van der Waals surface area contributed by atoms with Crippen molar-refractivity contribution in [1.82, 2.24) is 5.32 Å². The molecule has 3 heteroatoms. The molecule has 1 unspecified atom stereocenters. The van der Waals surface area contributed by atoms with Crippen LogP contribution in [0.5, 0.6) is 0 Å². The van der Waals surface area contributed by atoms with Crippen LogP contribution in [-0.2, 0) is 6.54 Å². The van der Waals surface area contributed by atoms with Crippen molar-refractivity contribution in [1.29, 1.82) is 0 Å². The molecule has 1 aromatic rings. The minimum Gasteiger partial charge on any atom is -0.372 e. The summed E-state index contributed by atoms with van der Waals surface area (Å²) in [5, 5.41) is 4.35. The zero-order valence-electron chi connectivity index (χ0n) is 13.8. The van der Waals surface area contributed by atoms with Crippen molar-refractivity contribution in [3.63, 3.8) is 0 Å². The summed E-state index contributed by atoms with van der Waals surface area (Å²) in [6, 6.07) is 6.72. The fraction of sp³-hybridized carbons (Fsp3) is 0.647. The molecule has 2 nitrogen and oxygen atoms in total. The second-order valence-electron chi connectivity index (χ2n) is 6.63. The lowest BCUT2D eigenvalue weighted by atomic mass is 10.1. The van der Waals surface area contributed by atoms with E-state index in [-0.39, 0.29) is 5.54 Å². The molecule has 1 N–H and O–H groups in total. The van der Waals surface area contributed by atoms with Gasteiger partial charge in [-0.15, -0.1) is 0 Å². The van der Waals surface area contributed by atoms with Crippen LogP contribution in [0.25, 0.3) is 0 Å². The second kappa shape index (κ2) is 7.33. The third-order valence-electron chi connectivity index (χ3n) is 3.60. The lowest BCUT2D eigenvalue weighted by Crippen LogP contribution is -2.36. The normalized spacial score (nSPS) is 13.3. The summed E-state index contributed by atoms with van der Waals surface area (Å²) >= 11 is 6.17. The Hall–Kier alpha value is -0.730. The van der Waals surface area contributed by atoms with Gasteiger partial charge in [-0.2, -0.15) is 0 Å². The number of rotatable bonds is 6. The van der Waals surface area contributed by atoms with Crippen molar-refractivity contribution in [3.05, 3.63) is 28.8 Å².